The fraction of sp³-hybridized carbons (Fsp3) is 0.956. The quantitative estimate of drug-likeness (QED) is 0.0902. The molecule has 0 spiro atoms. The van der Waals surface area contributed by atoms with Gasteiger partial charge in [0, 0.05) is 12.3 Å². The standard InChI is InChI=1S/C45H74O19/c1-19(18-58-40-37(55)34(52)31(49)27(15-46)60-40)7-12-45(57)20(2)30-26(64-45)14-25-23-6-5-21-13-22(8-10-43(21,3)24(23)9-11-44(25,30)4)59-42-39(36(54)33(51)29(17-48)62-42)63-41-38(56)35(53)32(50)28(16-47)61-41/h5,19-20,22-42,46-57H,6-18H2,1-4H3/t19-,20+,22+,23-,24+,25+,26+,27-,28-,29-,30+,31-,32-,33-,34+,35+,36+,37-,38-,39-,40-,41+,42-,43+,44+,45-/m1/s1. The Labute approximate surface area is 373 Å². The van der Waals surface area contributed by atoms with E-state index in [-0.39, 0.29) is 47.4 Å². The summed E-state index contributed by atoms with van der Waals surface area (Å²) in [5.41, 5.74) is 1.17. The van der Waals surface area contributed by atoms with Gasteiger partial charge in [-0.2, -0.15) is 0 Å². The average molecular weight is 919 g/mol. The molecule has 0 amide bonds. The number of hydrogen-bond acceptors (Lipinski definition) is 19. The van der Waals surface area contributed by atoms with E-state index in [9.17, 15) is 61.3 Å². The van der Waals surface area contributed by atoms with Crippen LogP contribution in [0.1, 0.15) is 85.5 Å². The lowest BCUT2D eigenvalue weighted by molar-refractivity contribution is -0.372. The zero-order valence-corrected chi connectivity index (χ0v) is 37.3. The Kier molecular flexibility index (Phi) is 14.7. The molecule has 0 bridgehead atoms. The van der Waals surface area contributed by atoms with Crippen LogP contribution in [0.4, 0.5) is 0 Å². The molecule has 4 aliphatic heterocycles. The van der Waals surface area contributed by atoms with Crippen molar-refractivity contribution in [1.82, 2.24) is 0 Å². The lowest BCUT2D eigenvalue weighted by Gasteiger charge is -2.58. The van der Waals surface area contributed by atoms with Gasteiger partial charge in [-0.05, 0) is 91.8 Å². The molecule has 0 unspecified atom stereocenters. The van der Waals surface area contributed by atoms with E-state index in [0.29, 0.717) is 43.4 Å². The first kappa shape index (κ1) is 49.4. The summed E-state index contributed by atoms with van der Waals surface area (Å²) in [6, 6.07) is 0. The zero-order chi connectivity index (χ0) is 46.2. The molecule has 8 aliphatic rings. The second-order valence-electron chi connectivity index (χ2n) is 21.0. The number of rotatable bonds is 13. The van der Waals surface area contributed by atoms with Gasteiger partial charge in [0.15, 0.2) is 24.7 Å². The molecule has 368 valence electrons. The maximum absolute atomic E-state index is 12.0. The van der Waals surface area contributed by atoms with Crippen molar-refractivity contribution < 1.29 is 94.4 Å². The van der Waals surface area contributed by atoms with Crippen molar-refractivity contribution in [3.8, 4) is 0 Å². The number of fused-ring (bicyclic) bond motifs is 7. The van der Waals surface area contributed by atoms with Gasteiger partial charge in [0.1, 0.15) is 73.2 Å². The molecule has 4 heterocycles. The van der Waals surface area contributed by atoms with E-state index in [0.717, 1.165) is 32.1 Å². The summed E-state index contributed by atoms with van der Waals surface area (Å²) in [6.07, 6.45) is -13.1. The summed E-state index contributed by atoms with van der Waals surface area (Å²) in [7, 11) is 0. The Balaban J connectivity index is 0.887. The van der Waals surface area contributed by atoms with E-state index in [1.165, 1.54) is 5.57 Å². The predicted molar refractivity (Wildman–Crippen MR) is 219 cm³/mol. The van der Waals surface area contributed by atoms with Crippen LogP contribution in [0.3, 0.4) is 0 Å². The molecule has 3 saturated carbocycles. The van der Waals surface area contributed by atoms with Crippen LogP contribution in [-0.2, 0) is 33.2 Å². The molecular formula is C45H74O19. The highest BCUT2D eigenvalue weighted by Gasteiger charge is 2.68. The van der Waals surface area contributed by atoms with Gasteiger partial charge >= 0.3 is 0 Å². The third-order valence-electron chi connectivity index (χ3n) is 17.4. The minimum Gasteiger partial charge on any atom is -0.394 e. The minimum atomic E-state index is -1.76. The fourth-order valence-corrected chi connectivity index (χ4v) is 13.6. The normalized spacial score (nSPS) is 54.3. The highest BCUT2D eigenvalue weighted by atomic mass is 16.8. The van der Waals surface area contributed by atoms with E-state index < -0.39 is 118 Å². The van der Waals surface area contributed by atoms with Crippen LogP contribution in [-0.4, -0.2) is 198 Å². The molecule has 0 aromatic heterocycles. The van der Waals surface area contributed by atoms with Crippen LogP contribution in [0.25, 0.3) is 0 Å². The molecule has 0 aromatic rings. The van der Waals surface area contributed by atoms with Crippen LogP contribution in [0.5, 0.6) is 0 Å². The summed E-state index contributed by atoms with van der Waals surface area (Å²) >= 11 is 0. The zero-order valence-electron chi connectivity index (χ0n) is 37.3. The Bertz CT molecular complexity index is 1620. The molecule has 64 heavy (non-hydrogen) atoms. The largest absolute Gasteiger partial charge is 0.394 e. The van der Waals surface area contributed by atoms with Crippen LogP contribution in [0.2, 0.25) is 0 Å². The summed E-state index contributed by atoms with van der Waals surface area (Å²) in [6.45, 7) is 7.15. The Morgan fingerprint density at radius 3 is 1.95 bits per heavy atom. The Morgan fingerprint density at radius 1 is 0.719 bits per heavy atom. The SMILES string of the molecule is C[C@H](CC[C@@]1(O)O[C@H]2C[C@H]3[C@@H]4CC=C5C[C@@H](O[C@@H]6O[C@H](CO)[C@@H](O)[C@H](O)[C@H]6O[C@@H]6O[C@H](CO)[C@@H](O)[C@H](O)[C@H]6O)CC[C@]5(C)[C@H]4CC[C@]3(C)[C@H]2[C@@H]1C)CO[C@@H]1O[C@H](CO)[C@@H](O)[C@H](O)[C@H]1O. The topological polar surface area (TPSA) is 307 Å². The predicted octanol–water partition coefficient (Wildman–Crippen LogP) is -1.86. The van der Waals surface area contributed by atoms with E-state index in [1.54, 1.807) is 0 Å². The Hall–Kier alpha value is -1.02. The first-order valence-corrected chi connectivity index (χ1v) is 23.6. The fourth-order valence-electron chi connectivity index (χ4n) is 13.6. The van der Waals surface area contributed by atoms with Crippen molar-refractivity contribution in [2.45, 2.75) is 196 Å². The molecule has 0 aromatic carbocycles. The molecule has 19 nitrogen and oxygen atoms in total. The van der Waals surface area contributed by atoms with E-state index >= 15 is 0 Å². The molecule has 0 radical (unpaired) electrons. The number of aliphatic hydroxyl groups is 12. The van der Waals surface area contributed by atoms with E-state index in [2.05, 4.69) is 26.8 Å². The van der Waals surface area contributed by atoms with Crippen LogP contribution >= 0.6 is 0 Å². The molecule has 8 rings (SSSR count). The van der Waals surface area contributed by atoms with E-state index in [4.69, 9.17) is 33.2 Å². The van der Waals surface area contributed by atoms with Crippen LogP contribution in [0, 0.1) is 46.3 Å². The van der Waals surface area contributed by atoms with Gasteiger partial charge in [-0.15, -0.1) is 0 Å². The Morgan fingerprint density at radius 2 is 1.31 bits per heavy atom. The number of allylic oxidation sites excluding steroid dienone is 1. The van der Waals surface area contributed by atoms with Gasteiger partial charge in [0.05, 0.1) is 38.6 Å². The first-order valence-electron chi connectivity index (χ1n) is 23.6. The lowest BCUT2D eigenvalue weighted by Crippen LogP contribution is -2.65. The highest BCUT2D eigenvalue weighted by molar-refractivity contribution is 5.26. The second kappa shape index (κ2) is 19.1. The third-order valence-corrected chi connectivity index (χ3v) is 17.4. The lowest BCUT2D eigenvalue weighted by atomic mass is 9.47. The molecule has 7 fully saturated rings. The summed E-state index contributed by atoms with van der Waals surface area (Å²) in [5.74, 6) is -0.0468. The summed E-state index contributed by atoms with van der Waals surface area (Å²) in [5, 5.41) is 125. The van der Waals surface area contributed by atoms with Crippen LogP contribution < -0.4 is 0 Å². The average Bonchev–Trinajstić information content (AvgIpc) is 3.71. The number of aliphatic hydroxyl groups excluding tert-OH is 11. The van der Waals surface area contributed by atoms with Crippen molar-refractivity contribution in [3.63, 3.8) is 0 Å². The molecule has 19 heteroatoms. The molecule has 26 atom stereocenters. The molecule has 4 aliphatic carbocycles. The maximum Gasteiger partial charge on any atom is 0.187 e. The molecule has 12 N–H and O–H groups in total. The van der Waals surface area contributed by atoms with Crippen molar-refractivity contribution >= 4 is 0 Å². The maximum atomic E-state index is 12.0. The third kappa shape index (κ3) is 8.57. The van der Waals surface area contributed by atoms with Gasteiger partial charge in [0.25, 0.3) is 0 Å². The van der Waals surface area contributed by atoms with Crippen molar-refractivity contribution in [2.75, 3.05) is 26.4 Å². The summed E-state index contributed by atoms with van der Waals surface area (Å²) < 4.78 is 41.9. The van der Waals surface area contributed by atoms with Crippen molar-refractivity contribution in [3.05, 3.63) is 11.6 Å². The van der Waals surface area contributed by atoms with Gasteiger partial charge in [-0.1, -0.05) is 39.3 Å². The van der Waals surface area contributed by atoms with Gasteiger partial charge in [0.2, 0.25) is 0 Å². The van der Waals surface area contributed by atoms with Crippen molar-refractivity contribution in [2.24, 2.45) is 46.3 Å². The molecule has 4 saturated heterocycles. The summed E-state index contributed by atoms with van der Waals surface area (Å²) in [4.78, 5) is 0. The smallest absolute Gasteiger partial charge is 0.187 e. The number of ether oxygens (including phenoxy) is 7. The highest BCUT2D eigenvalue weighted by Crippen LogP contribution is 2.70. The van der Waals surface area contributed by atoms with Crippen molar-refractivity contribution in [1.29, 1.82) is 0 Å². The molecular weight excluding hydrogens is 844 g/mol. The number of hydrogen-bond donors (Lipinski definition) is 12. The van der Waals surface area contributed by atoms with Gasteiger partial charge < -0.3 is 94.4 Å². The van der Waals surface area contributed by atoms with Crippen LogP contribution in [0.15, 0.2) is 11.6 Å². The van der Waals surface area contributed by atoms with E-state index in [1.807, 2.05) is 6.92 Å². The minimum absolute atomic E-state index is 0.0293. The first-order chi connectivity index (χ1) is 30.3. The van der Waals surface area contributed by atoms with Gasteiger partial charge in [-0.25, -0.2) is 0 Å². The monoisotopic (exact) mass is 918 g/mol. The van der Waals surface area contributed by atoms with Gasteiger partial charge in [-0.3, -0.25) is 0 Å². The second-order valence-corrected chi connectivity index (χ2v) is 21.0.